The fourth-order valence-corrected chi connectivity index (χ4v) is 2.55. The summed E-state index contributed by atoms with van der Waals surface area (Å²) in [4.78, 5) is 20.5. The number of nitrogens with two attached hydrogens (primary N) is 1. The second-order valence-electron chi connectivity index (χ2n) is 6.04. The summed E-state index contributed by atoms with van der Waals surface area (Å²) in [5, 5.41) is 0.349. The smallest absolute Gasteiger partial charge is 0.255 e. The third-order valence-electron chi connectivity index (χ3n) is 3.62. The van der Waals surface area contributed by atoms with Crippen LogP contribution in [0.25, 0.3) is 0 Å². The first-order valence-electron chi connectivity index (χ1n) is 6.74. The number of amides is 1. The Morgan fingerprint density at radius 2 is 1.90 bits per heavy atom. The average Bonchev–Trinajstić information content (AvgIpc) is 2.40. The third-order valence-corrected chi connectivity index (χ3v) is 3.92. The molecule has 0 radical (unpaired) electrons. The molecule has 0 saturated carbocycles. The quantitative estimate of drug-likeness (QED) is 0.859. The number of halogens is 1. The largest absolute Gasteiger partial charge is 0.384 e. The fraction of sp³-hybridized carbons (Fsp3) is 0.571. The molecule has 6 heteroatoms. The van der Waals surface area contributed by atoms with Crippen LogP contribution in [0.15, 0.2) is 12.3 Å². The van der Waals surface area contributed by atoms with E-state index in [9.17, 15) is 4.79 Å². The van der Waals surface area contributed by atoms with Gasteiger partial charge in [-0.1, -0.05) is 11.6 Å². The summed E-state index contributed by atoms with van der Waals surface area (Å²) in [5.74, 6) is 0.240. The summed E-state index contributed by atoms with van der Waals surface area (Å²) in [6.07, 6.45) is 1.43. The number of hydrogen-bond acceptors (Lipinski definition) is 4. The van der Waals surface area contributed by atoms with Crippen molar-refractivity contribution in [1.29, 1.82) is 0 Å². The van der Waals surface area contributed by atoms with Crippen molar-refractivity contribution in [3.05, 3.63) is 22.8 Å². The lowest BCUT2D eigenvalue weighted by atomic mass is 10.0. The number of carbonyl (C=O) groups is 1. The highest BCUT2D eigenvalue weighted by atomic mass is 35.5. The van der Waals surface area contributed by atoms with Crippen molar-refractivity contribution in [2.24, 2.45) is 0 Å². The highest BCUT2D eigenvalue weighted by Crippen LogP contribution is 2.21. The third kappa shape index (κ3) is 3.22. The zero-order chi connectivity index (χ0) is 14.9. The summed E-state index contributed by atoms with van der Waals surface area (Å²) in [6.45, 7) is 9.70. The first-order valence-corrected chi connectivity index (χ1v) is 7.12. The van der Waals surface area contributed by atoms with Crippen LogP contribution in [0.1, 0.15) is 31.1 Å². The van der Waals surface area contributed by atoms with Gasteiger partial charge in [-0.25, -0.2) is 4.98 Å². The number of anilines is 1. The Morgan fingerprint density at radius 1 is 1.30 bits per heavy atom. The summed E-state index contributed by atoms with van der Waals surface area (Å²) in [5.41, 5.74) is 6.19. The number of piperazine rings is 1. The first-order chi connectivity index (χ1) is 9.29. The van der Waals surface area contributed by atoms with Crippen LogP contribution in [0.5, 0.6) is 0 Å². The number of nitrogen functional groups attached to an aromatic ring is 1. The average molecular weight is 297 g/mol. The first kappa shape index (κ1) is 15.1. The maximum atomic E-state index is 12.5. The molecule has 1 fully saturated rings. The fourth-order valence-electron chi connectivity index (χ4n) is 2.37. The summed E-state index contributed by atoms with van der Waals surface area (Å²) in [7, 11) is 0. The predicted octanol–water partition coefficient (Wildman–Crippen LogP) is 1.87. The molecular formula is C14H21ClN4O. The molecule has 110 valence electrons. The molecule has 2 heterocycles. The number of nitrogens with zero attached hydrogens (tertiary/aromatic N) is 3. The Bertz CT molecular complexity index is 504. The van der Waals surface area contributed by atoms with Gasteiger partial charge in [0, 0.05) is 37.9 Å². The molecule has 20 heavy (non-hydrogen) atoms. The normalized spacial score (nSPS) is 17.3. The summed E-state index contributed by atoms with van der Waals surface area (Å²) < 4.78 is 0. The van der Waals surface area contributed by atoms with Gasteiger partial charge in [0.2, 0.25) is 0 Å². The van der Waals surface area contributed by atoms with E-state index in [4.69, 9.17) is 17.3 Å². The monoisotopic (exact) mass is 296 g/mol. The molecule has 0 aliphatic carbocycles. The molecular weight excluding hydrogens is 276 g/mol. The molecule has 1 aromatic rings. The lowest BCUT2D eigenvalue weighted by molar-refractivity contribution is 0.0451. The van der Waals surface area contributed by atoms with Crippen molar-refractivity contribution in [2.45, 2.75) is 26.3 Å². The molecule has 1 saturated heterocycles. The molecule has 1 aromatic heterocycles. The van der Waals surface area contributed by atoms with Gasteiger partial charge in [-0.05, 0) is 26.8 Å². The molecule has 0 aromatic carbocycles. The lowest BCUT2D eigenvalue weighted by Gasteiger charge is -2.42. The van der Waals surface area contributed by atoms with Crippen LogP contribution in [0, 0.1) is 0 Å². The molecule has 2 N–H and O–H groups in total. The van der Waals surface area contributed by atoms with E-state index >= 15 is 0 Å². The maximum absolute atomic E-state index is 12.5. The van der Waals surface area contributed by atoms with Crippen molar-refractivity contribution >= 4 is 23.3 Å². The molecule has 0 atom stereocenters. The van der Waals surface area contributed by atoms with Gasteiger partial charge >= 0.3 is 0 Å². The molecule has 0 unspecified atom stereocenters. The van der Waals surface area contributed by atoms with Crippen molar-refractivity contribution in [2.75, 3.05) is 31.9 Å². The molecule has 0 bridgehead atoms. The van der Waals surface area contributed by atoms with Gasteiger partial charge in [-0.2, -0.15) is 0 Å². The maximum Gasteiger partial charge on any atom is 0.255 e. The Balaban J connectivity index is 2.07. The Hall–Kier alpha value is -1.33. The number of hydrogen-bond donors (Lipinski definition) is 1. The van der Waals surface area contributed by atoms with E-state index in [0.29, 0.717) is 29.5 Å². The highest BCUT2D eigenvalue weighted by molar-refractivity contribution is 6.33. The minimum atomic E-state index is -0.0716. The van der Waals surface area contributed by atoms with Crippen LogP contribution in [0.4, 0.5) is 5.82 Å². The van der Waals surface area contributed by atoms with Gasteiger partial charge in [0.25, 0.3) is 5.91 Å². The van der Waals surface area contributed by atoms with E-state index in [2.05, 4.69) is 30.7 Å². The van der Waals surface area contributed by atoms with Gasteiger partial charge in [0.1, 0.15) is 5.82 Å². The van der Waals surface area contributed by atoms with E-state index in [1.807, 2.05) is 4.90 Å². The Labute approximate surface area is 124 Å². The molecule has 1 amide bonds. The van der Waals surface area contributed by atoms with E-state index in [1.54, 1.807) is 6.07 Å². The SMILES string of the molecule is CC(C)(C)N1CCN(C(=O)c2cc(N)ncc2Cl)CC1. The van der Waals surface area contributed by atoms with Crippen LogP contribution >= 0.6 is 11.6 Å². The van der Waals surface area contributed by atoms with Gasteiger partial charge in [-0.15, -0.1) is 0 Å². The van der Waals surface area contributed by atoms with E-state index in [-0.39, 0.29) is 11.4 Å². The second-order valence-corrected chi connectivity index (χ2v) is 6.45. The van der Waals surface area contributed by atoms with Gasteiger partial charge < -0.3 is 10.6 Å². The number of pyridine rings is 1. The molecule has 0 spiro atoms. The van der Waals surface area contributed by atoms with Gasteiger partial charge in [0.15, 0.2) is 0 Å². The van der Waals surface area contributed by atoms with E-state index in [1.165, 1.54) is 6.20 Å². The minimum absolute atomic E-state index is 0.0716. The molecule has 5 nitrogen and oxygen atoms in total. The van der Waals surface area contributed by atoms with Crippen LogP contribution in [0.3, 0.4) is 0 Å². The minimum Gasteiger partial charge on any atom is -0.384 e. The van der Waals surface area contributed by atoms with Crippen molar-refractivity contribution in [1.82, 2.24) is 14.8 Å². The van der Waals surface area contributed by atoms with Gasteiger partial charge in [-0.3, -0.25) is 9.69 Å². The zero-order valence-electron chi connectivity index (χ0n) is 12.2. The molecule has 1 aliphatic heterocycles. The number of carbonyl (C=O) groups excluding carboxylic acids is 1. The van der Waals surface area contributed by atoms with Gasteiger partial charge in [0.05, 0.1) is 10.6 Å². The van der Waals surface area contributed by atoms with Crippen LogP contribution < -0.4 is 5.73 Å². The van der Waals surface area contributed by atoms with Crippen LogP contribution in [-0.4, -0.2) is 52.4 Å². The molecule has 1 aliphatic rings. The predicted molar refractivity (Wildman–Crippen MR) is 80.9 cm³/mol. The van der Waals surface area contributed by atoms with Crippen LogP contribution in [0.2, 0.25) is 5.02 Å². The topological polar surface area (TPSA) is 62.5 Å². The number of rotatable bonds is 1. The van der Waals surface area contributed by atoms with Crippen molar-refractivity contribution in [3.63, 3.8) is 0 Å². The van der Waals surface area contributed by atoms with E-state index in [0.717, 1.165) is 13.1 Å². The Morgan fingerprint density at radius 3 is 2.45 bits per heavy atom. The van der Waals surface area contributed by atoms with E-state index < -0.39 is 0 Å². The highest BCUT2D eigenvalue weighted by Gasteiger charge is 2.28. The summed E-state index contributed by atoms with van der Waals surface area (Å²) >= 11 is 6.04. The Kier molecular flexibility index (Phi) is 4.20. The standard InChI is InChI=1S/C14H21ClN4O/c1-14(2,3)19-6-4-18(5-7-19)13(20)10-8-12(16)17-9-11(10)15/h8-9H,4-7H2,1-3H3,(H2,16,17). The summed E-state index contributed by atoms with van der Waals surface area (Å²) in [6, 6.07) is 1.54. The van der Waals surface area contributed by atoms with Crippen LogP contribution in [-0.2, 0) is 0 Å². The molecule has 2 rings (SSSR count). The van der Waals surface area contributed by atoms with Crippen molar-refractivity contribution < 1.29 is 4.79 Å². The second kappa shape index (κ2) is 5.58. The van der Waals surface area contributed by atoms with Crippen molar-refractivity contribution in [3.8, 4) is 0 Å². The zero-order valence-corrected chi connectivity index (χ0v) is 12.9. The number of aromatic nitrogens is 1. The lowest BCUT2D eigenvalue weighted by Crippen LogP contribution is -2.54.